The van der Waals surface area contributed by atoms with E-state index in [2.05, 4.69) is 41.5 Å². The Labute approximate surface area is 537 Å². The molecule has 0 saturated carbocycles. The Balaban J connectivity index is 5.22. The molecule has 3 N–H and O–H groups in total. The molecule has 0 fully saturated rings. The molecule has 0 aromatic rings. The van der Waals surface area contributed by atoms with Crippen LogP contribution in [0.5, 0.6) is 0 Å². The van der Waals surface area contributed by atoms with Crippen molar-refractivity contribution in [3.05, 3.63) is 0 Å². The van der Waals surface area contributed by atoms with Crippen LogP contribution in [0, 0.1) is 11.8 Å². The summed E-state index contributed by atoms with van der Waals surface area (Å²) < 4.78 is 68.2. The van der Waals surface area contributed by atoms with Gasteiger partial charge in [0.25, 0.3) is 0 Å². The first-order valence-corrected chi connectivity index (χ1v) is 39.0. The molecule has 0 aromatic heterocycles. The summed E-state index contributed by atoms with van der Waals surface area (Å²) in [6, 6.07) is 0. The van der Waals surface area contributed by atoms with Gasteiger partial charge in [0.2, 0.25) is 0 Å². The van der Waals surface area contributed by atoms with Gasteiger partial charge in [0.1, 0.15) is 19.3 Å². The highest BCUT2D eigenvalue weighted by atomic mass is 31.2. The molecule has 0 rings (SSSR count). The predicted octanol–water partition coefficient (Wildman–Crippen LogP) is 19.6. The van der Waals surface area contributed by atoms with Crippen LogP contribution in [-0.2, 0) is 65.4 Å². The standard InChI is InChI=1S/C69H134O17P2/c1-7-9-11-13-15-17-28-35-41-47-53-68(73)85-64(57-79-66(71)51-45-39-33-16-14-12-10-8-2)59-83-87(75,76)81-55-63(70)56-82-88(77,78)84-60-65(86-69(74)54-48-42-36-30-25-21-19-23-27-32-38-44-50-62(5)6)58-80-67(72)52-46-40-34-29-24-20-18-22-26-31-37-43-49-61(3)4/h61-65,70H,7-60H2,1-6H3,(H,75,76)(H,77,78)/t63-,64+,65+/m0/s1. The fourth-order valence-corrected chi connectivity index (χ4v) is 12.0. The van der Waals surface area contributed by atoms with Gasteiger partial charge in [0.05, 0.1) is 26.4 Å². The molecule has 522 valence electrons. The zero-order chi connectivity index (χ0) is 65.0. The van der Waals surface area contributed by atoms with Gasteiger partial charge in [-0.3, -0.25) is 37.3 Å². The highest BCUT2D eigenvalue weighted by molar-refractivity contribution is 7.47. The predicted molar refractivity (Wildman–Crippen MR) is 354 cm³/mol. The maximum atomic E-state index is 13.0. The maximum Gasteiger partial charge on any atom is 0.472 e. The lowest BCUT2D eigenvalue weighted by Gasteiger charge is -2.21. The number of carbonyl (C=O) groups excluding carboxylic acids is 4. The second-order valence-corrected chi connectivity index (χ2v) is 28.8. The Bertz CT molecular complexity index is 1720. The van der Waals surface area contributed by atoms with E-state index in [0.29, 0.717) is 25.7 Å². The molecule has 0 bridgehead atoms. The molecule has 2 unspecified atom stereocenters. The zero-order valence-electron chi connectivity index (χ0n) is 57.0. The van der Waals surface area contributed by atoms with Crippen molar-refractivity contribution in [2.75, 3.05) is 39.6 Å². The van der Waals surface area contributed by atoms with Crippen LogP contribution in [0.25, 0.3) is 0 Å². The third-order valence-electron chi connectivity index (χ3n) is 16.0. The van der Waals surface area contributed by atoms with Gasteiger partial charge in [0, 0.05) is 25.7 Å². The first-order chi connectivity index (χ1) is 42.4. The van der Waals surface area contributed by atoms with Crippen molar-refractivity contribution < 1.29 is 80.2 Å². The fraction of sp³-hybridized carbons (Fsp3) is 0.942. The maximum absolute atomic E-state index is 13.0. The van der Waals surface area contributed by atoms with E-state index in [1.807, 2.05) is 0 Å². The number of hydrogen-bond acceptors (Lipinski definition) is 15. The van der Waals surface area contributed by atoms with Gasteiger partial charge in [-0.15, -0.1) is 0 Å². The van der Waals surface area contributed by atoms with Crippen molar-refractivity contribution in [1.82, 2.24) is 0 Å². The van der Waals surface area contributed by atoms with Crippen molar-refractivity contribution in [3.8, 4) is 0 Å². The lowest BCUT2D eigenvalue weighted by atomic mass is 10.0. The van der Waals surface area contributed by atoms with Gasteiger partial charge in [0.15, 0.2) is 12.2 Å². The van der Waals surface area contributed by atoms with E-state index in [-0.39, 0.29) is 25.7 Å². The molecule has 5 atom stereocenters. The van der Waals surface area contributed by atoms with Gasteiger partial charge in [-0.1, -0.05) is 298 Å². The van der Waals surface area contributed by atoms with Crippen LogP contribution < -0.4 is 0 Å². The van der Waals surface area contributed by atoms with Crippen LogP contribution in [0.15, 0.2) is 0 Å². The number of aliphatic hydroxyl groups is 1. The van der Waals surface area contributed by atoms with Crippen LogP contribution >= 0.6 is 15.6 Å². The minimum atomic E-state index is -4.95. The Morgan fingerprint density at radius 3 is 0.773 bits per heavy atom. The summed E-state index contributed by atoms with van der Waals surface area (Å²) in [5, 5.41) is 10.6. The van der Waals surface area contributed by atoms with Crippen molar-refractivity contribution in [2.45, 2.75) is 368 Å². The average molecular weight is 1300 g/mol. The minimum absolute atomic E-state index is 0.106. The summed E-state index contributed by atoms with van der Waals surface area (Å²) in [6.45, 7) is 9.53. The van der Waals surface area contributed by atoms with Crippen LogP contribution in [-0.4, -0.2) is 96.7 Å². The molecule has 0 radical (unpaired) electrons. The first-order valence-electron chi connectivity index (χ1n) is 36.0. The van der Waals surface area contributed by atoms with Crippen molar-refractivity contribution in [3.63, 3.8) is 0 Å². The lowest BCUT2D eigenvalue weighted by Crippen LogP contribution is -2.30. The highest BCUT2D eigenvalue weighted by Crippen LogP contribution is 2.45. The molecule has 0 aliphatic heterocycles. The number of ether oxygens (including phenoxy) is 4. The summed E-state index contributed by atoms with van der Waals surface area (Å²) >= 11 is 0. The largest absolute Gasteiger partial charge is 0.472 e. The van der Waals surface area contributed by atoms with Crippen LogP contribution in [0.3, 0.4) is 0 Å². The molecular weight excluding hydrogens is 1160 g/mol. The molecule has 0 aliphatic carbocycles. The Kier molecular flexibility index (Phi) is 59.9. The molecule has 19 heteroatoms. The molecule has 17 nitrogen and oxygen atoms in total. The number of phosphoric acid groups is 2. The molecule has 0 amide bonds. The van der Waals surface area contributed by atoms with Crippen LogP contribution in [0.4, 0.5) is 0 Å². The van der Waals surface area contributed by atoms with Crippen molar-refractivity contribution >= 4 is 39.5 Å². The van der Waals surface area contributed by atoms with E-state index in [4.69, 9.17) is 37.0 Å². The molecule has 88 heavy (non-hydrogen) atoms. The summed E-state index contributed by atoms with van der Waals surface area (Å²) in [5.41, 5.74) is 0. The topological polar surface area (TPSA) is 237 Å². The number of esters is 4. The van der Waals surface area contributed by atoms with Gasteiger partial charge in [-0.25, -0.2) is 9.13 Å². The number of phosphoric ester groups is 2. The summed E-state index contributed by atoms with van der Waals surface area (Å²) in [5.74, 6) is -0.569. The number of unbranched alkanes of at least 4 members (excludes halogenated alkanes) is 38. The van der Waals surface area contributed by atoms with Crippen LogP contribution in [0.2, 0.25) is 0 Å². The first kappa shape index (κ1) is 86.1. The van der Waals surface area contributed by atoms with E-state index in [0.717, 1.165) is 108 Å². The lowest BCUT2D eigenvalue weighted by molar-refractivity contribution is -0.161. The normalized spacial score (nSPS) is 14.2. The SMILES string of the molecule is CCCCCCCCCCCCC(=O)O[C@H](COC(=O)CCCCCCCCCC)COP(=O)(O)OC[C@H](O)COP(=O)(O)OC[C@@H](COC(=O)CCCCCCCCCCCCCCC(C)C)OC(=O)CCCCCCCCCCCCCCC(C)C. The van der Waals surface area contributed by atoms with Gasteiger partial charge in [-0.05, 0) is 37.5 Å². The Morgan fingerprint density at radius 2 is 0.523 bits per heavy atom. The summed E-state index contributed by atoms with van der Waals surface area (Å²) in [4.78, 5) is 72.4. The van der Waals surface area contributed by atoms with Crippen molar-refractivity contribution in [1.29, 1.82) is 0 Å². The van der Waals surface area contributed by atoms with Gasteiger partial charge < -0.3 is 33.8 Å². The number of carbonyl (C=O) groups is 4. The molecule has 0 aliphatic rings. The van der Waals surface area contributed by atoms with Crippen molar-refractivity contribution in [2.24, 2.45) is 11.8 Å². The third-order valence-corrected chi connectivity index (χ3v) is 17.9. The van der Waals surface area contributed by atoms with E-state index in [9.17, 15) is 43.2 Å². The molecule has 0 saturated heterocycles. The minimum Gasteiger partial charge on any atom is -0.462 e. The molecule has 0 heterocycles. The third kappa shape index (κ3) is 62.8. The van der Waals surface area contributed by atoms with E-state index >= 15 is 0 Å². The summed E-state index contributed by atoms with van der Waals surface area (Å²) in [6.07, 6.45) is 45.8. The molecule has 0 aromatic carbocycles. The highest BCUT2D eigenvalue weighted by Gasteiger charge is 2.30. The average Bonchev–Trinajstić information content (AvgIpc) is 3.70. The van der Waals surface area contributed by atoms with E-state index in [1.165, 1.54) is 161 Å². The van der Waals surface area contributed by atoms with E-state index in [1.54, 1.807) is 0 Å². The van der Waals surface area contributed by atoms with E-state index < -0.39 is 97.5 Å². The number of hydrogen-bond donors (Lipinski definition) is 3. The fourth-order valence-electron chi connectivity index (χ4n) is 10.4. The molecule has 0 spiro atoms. The second-order valence-electron chi connectivity index (χ2n) is 25.9. The van der Waals surface area contributed by atoms with Crippen LogP contribution in [0.1, 0.15) is 350 Å². The number of rotatable bonds is 68. The molecular formula is C69H134O17P2. The van der Waals surface area contributed by atoms with Gasteiger partial charge in [-0.2, -0.15) is 0 Å². The second kappa shape index (κ2) is 61.3. The Hall–Kier alpha value is -1.94. The Morgan fingerprint density at radius 1 is 0.307 bits per heavy atom. The number of aliphatic hydroxyl groups excluding tert-OH is 1. The zero-order valence-corrected chi connectivity index (χ0v) is 58.8. The van der Waals surface area contributed by atoms with Gasteiger partial charge >= 0.3 is 39.5 Å². The quantitative estimate of drug-likeness (QED) is 0.0222. The summed E-state index contributed by atoms with van der Waals surface area (Å²) in [7, 11) is -9.89. The monoisotopic (exact) mass is 1300 g/mol. The smallest absolute Gasteiger partial charge is 0.462 e.